The molecule has 0 saturated heterocycles. The first-order valence-electron chi connectivity index (χ1n) is 4.58. The molecule has 0 aliphatic heterocycles. The predicted octanol–water partition coefficient (Wildman–Crippen LogP) is 0.800. The third-order valence-corrected chi connectivity index (χ3v) is 3.37. The summed E-state index contributed by atoms with van der Waals surface area (Å²) in [5.74, 6) is 0.966. The number of aryl methyl sites for hydroxylation is 1. The van der Waals surface area contributed by atoms with Crippen LogP contribution in [0.25, 0.3) is 0 Å². The van der Waals surface area contributed by atoms with Crippen LogP contribution in [0.2, 0.25) is 0 Å². The molecular formula is C8H14N4S. The van der Waals surface area contributed by atoms with Crippen molar-refractivity contribution in [1.29, 1.82) is 0 Å². The van der Waals surface area contributed by atoms with E-state index in [9.17, 15) is 0 Å². The molecule has 5 heteroatoms. The van der Waals surface area contributed by atoms with Gasteiger partial charge in [-0.3, -0.25) is 0 Å². The van der Waals surface area contributed by atoms with Crippen molar-refractivity contribution in [2.75, 3.05) is 6.54 Å². The van der Waals surface area contributed by atoms with Crippen LogP contribution in [0.3, 0.4) is 0 Å². The Morgan fingerprint density at radius 2 is 2.31 bits per heavy atom. The molecular weight excluding hydrogens is 184 g/mol. The highest BCUT2D eigenvalue weighted by Gasteiger charge is 2.25. The van der Waals surface area contributed by atoms with Crippen LogP contribution in [-0.4, -0.2) is 26.6 Å². The molecule has 1 aliphatic carbocycles. The van der Waals surface area contributed by atoms with Gasteiger partial charge in [0.1, 0.15) is 5.82 Å². The third kappa shape index (κ3) is 2.03. The van der Waals surface area contributed by atoms with Crippen LogP contribution in [-0.2, 0) is 6.54 Å². The molecule has 1 fully saturated rings. The second-order valence-electron chi connectivity index (χ2n) is 3.29. The lowest BCUT2D eigenvalue weighted by atomic mass is 10.6. The van der Waals surface area contributed by atoms with E-state index in [-0.39, 0.29) is 0 Å². The molecule has 0 spiro atoms. The lowest BCUT2D eigenvalue weighted by Crippen LogP contribution is -2.12. The monoisotopic (exact) mass is 198 g/mol. The van der Waals surface area contributed by atoms with E-state index in [2.05, 4.69) is 14.8 Å². The van der Waals surface area contributed by atoms with Crippen molar-refractivity contribution in [3.8, 4) is 0 Å². The summed E-state index contributed by atoms with van der Waals surface area (Å²) in [6.07, 6.45) is 2.64. The minimum atomic E-state index is 0.650. The third-order valence-electron chi connectivity index (χ3n) is 2.05. The van der Waals surface area contributed by atoms with Gasteiger partial charge in [0.15, 0.2) is 5.16 Å². The highest BCUT2D eigenvalue weighted by molar-refractivity contribution is 8.00. The lowest BCUT2D eigenvalue weighted by molar-refractivity contribution is 0.627. The Kier molecular flexibility index (Phi) is 2.55. The molecule has 1 aliphatic rings. The summed E-state index contributed by atoms with van der Waals surface area (Å²) < 4.78 is 2.10. The Bertz CT molecular complexity index is 292. The van der Waals surface area contributed by atoms with Gasteiger partial charge in [-0.15, -0.1) is 10.2 Å². The van der Waals surface area contributed by atoms with E-state index < -0.39 is 0 Å². The summed E-state index contributed by atoms with van der Waals surface area (Å²) in [5.41, 5.74) is 5.52. The summed E-state index contributed by atoms with van der Waals surface area (Å²) in [5, 5.41) is 10.00. The number of aromatic nitrogens is 3. The van der Waals surface area contributed by atoms with Gasteiger partial charge >= 0.3 is 0 Å². The van der Waals surface area contributed by atoms with Gasteiger partial charge in [0.2, 0.25) is 0 Å². The first-order chi connectivity index (χ1) is 6.31. The van der Waals surface area contributed by atoms with E-state index in [1.54, 1.807) is 0 Å². The molecule has 2 N–H and O–H groups in total. The number of thioether (sulfide) groups is 1. The molecule has 13 heavy (non-hydrogen) atoms. The van der Waals surface area contributed by atoms with Gasteiger partial charge in [-0.25, -0.2) is 0 Å². The predicted molar refractivity (Wildman–Crippen MR) is 52.7 cm³/mol. The number of nitrogens with two attached hydrogens (primary N) is 1. The summed E-state index contributed by atoms with van der Waals surface area (Å²) >= 11 is 1.83. The Morgan fingerprint density at radius 1 is 1.54 bits per heavy atom. The van der Waals surface area contributed by atoms with Crippen molar-refractivity contribution in [2.24, 2.45) is 5.73 Å². The van der Waals surface area contributed by atoms with Crippen LogP contribution in [0.4, 0.5) is 0 Å². The Labute approximate surface area is 81.9 Å². The van der Waals surface area contributed by atoms with Gasteiger partial charge in [-0.2, -0.15) is 0 Å². The molecule has 0 radical (unpaired) electrons. The molecule has 0 bridgehead atoms. The van der Waals surface area contributed by atoms with Gasteiger partial charge in [-0.05, 0) is 19.8 Å². The van der Waals surface area contributed by atoms with E-state index in [4.69, 9.17) is 5.73 Å². The molecule has 0 aromatic carbocycles. The highest BCUT2D eigenvalue weighted by atomic mass is 32.2. The fraction of sp³-hybridized carbons (Fsp3) is 0.750. The molecule has 2 rings (SSSR count). The highest BCUT2D eigenvalue weighted by Crippen LogP contribution is 2.38. The van der Waals surface area contributed by atoms with Crippen molar-refractivity contribution >= 4 is 11.8 Å². The van der Waals surface area contributed by atoms with Gasteiger partial charge in [0.05, 0.1) is 0 Å². The average Bonchev–Trinajstić information content (AvgIpc) is 2.86. The van der Waals surface area contributed by atoms with Crippen LogP contribution in [0.15, 0.2) is 5.16 Å². The summed E-state index contributed by atoms with van der Waals surface area (Å²) in [4.78, 5) is 0. The molecule has 1 aromatic rings. The second kappa shape index (κ2) is 3.67. The minimum absolute atomic E-state index is 0.650. The van der Waals surface area contributed by atoms with E-state index >= 15 is 0 Å². The van der Waals surface area contributed by atoms with E-state index in [1.807, 2.05) is 18.7 Å². The smallest absolute Gasteiger partial charge is 0.191 e. The van der Waals surface area contributed by atoms with Crippen molar-refractivity contribution in [2.45, 2.75) is 36.7 Å². The van der Waals surface area contributed by atoms with Crippen molar-refractivity contribution in [1.82, 2.24) is 14.8 Å². The van der Waals surface area contributed by atoms with Gasteiger partial charge in [-0.1, -0.05) is 11.8 Å². The first kappa shape index (κ1) is 9.02. The van der Waals surface area contributed by atoms with Crippen molar-refractivity contribution in [3.05, 3.63) is 5.82 Å². The maximum absolute atomic E-state index is 5.52. The van der Waals surface area contributed by atoms with Crippen LogP contribution < -0.4 is 5.73 Å². The summed E-state index contributed by atoms with van der Waals surface area (Å²) in [6, 6.07) is 0. The topological polar surface area (TPSA) is 56.7 Å². The Balaban J connectivity index is 2.12. The Morgan fingerprint density at radius 3 is 2.92 bits per heavy atom. The Hall–Kier alpha value is -0.550. The second-order valence-corrected chi connectivity index (χ2v) is 4.55. The van der Waals surface area contributed by atoms with E-state index in [0.29, 0.717) is 6.54 Å². The summed E-state index contributed by atoms with van der Waals surface area (Å²) in [6.45, 7) is 3.45. The van der Waals surface area contributed by atoms with Crippen LogP contribution >= 0.6 is 11.8 Å². The minimum Gasteiger partial charge on any atom is -0.329 e. The van der Waals surface area contributed by atoms with Crippen molar-refractivity contribution < 1.29 is 0 Å². The maximum Gasteiger partial charge on any atom is 0.191 e. The first-order valence-corrected chi connectivity index (χ1v) is 5.45. The average molecular weight is 198 g/mol. The maximum atomic E-state index is 5.52. The van der Waals surface area contributed by atoms with Crippen LogP contribution in [0, 0.1) is 6.92 Å². The molecule has 1 aromatic heterocycles. The zero-order valence-corrected chi connectivity index (χ0v) is 8.55. The summed E-state index contributed by atoms with van der Waals surface area (Å²) in [7, 11) is 0. The molecule has 0 amide bonds. The SMILES string of the molecule is Cc1nnc(SC2CC2)n1CCN. The molecule has 4 nitrogen and oxygen atoms in total. The van der Waals surface area contributed by atoms with Crippen molar-refractivity contribution in [3.63, 3.8) is 0 Å². The van der Waals surface area contributed by atoms with E-state index in [1.165, 1.54) is 12.8 Å². The zero-order valence-electron chi connectivity index (χ0n) is 7.73. The number of hydrogen-bond donors (Lipinski definition) is 1. The molecule has 0 unspecified atom stereocenters. The standard InChI is InChI=1S/C8H14N4S/c1-6-10-11-8(12(6)5-4-9)13-7-2-3-7/h7H,2-5,9H2,1H3. The molecule has 0 atom stereocenters. The van der Waals surface area contributed by atoms with Crippen LogP contribution in [0.5, 0.6) is 0 Å². The largest absolute Gasteiger partial charge is 0.329 e. The lowest BCUT2D eigenvalue weighted by Gasteiger charge is -2.04. The quantitative estimate of drug-likeness (QED) is 0.777. The molecule has 1 saturated carbocycles. The number of rotatable bonds is 4. The fourth-order valence-corrected chi connectivity index (χ4v) is 2.28. The number of hydrogen-bond acceptors (Lipinski definition) is 4. The molecule has 1 heterocycles. The number of nitrogens with zero attached hydrogens (tertiary/aromatic N) is 3. The van der Waals surface area contributed by atoms with Crippen LogP contribution in [0.1, 0.15) is 18.7 Å². The van der Waals surface area contributed by atoms with Gasteiger partial charge in [0.25, 0.3) is 0 Å². The molecule has 72 valence electrons. The normalized spacial score (nSPS) is 16.5. The van der Waals surface area contributed by atoms with Gasteiger partial charge in [0, 0.05) is 18.3 Å². The van der Waals surface area contributed by atoms with E-state index in [0.717, 1.165) is 22.8 Å². The van der Waals surface area contributed by atoms with Gasteiger partial charge < -0.3 is 10.3 Å². The fourth-order valence-electron chi connectivity index (χ4n) is 1.17. The zero-order chi connectivity index (χ0) is 9.26.